The number of hydrogen-bond acceptors (Lipinski definition) is 4. The summed E-state index contributed by atoms with van der Waals surface area (Å²) in [6, 6.07) is 12.8. The third-order valence-corrected chi connectivity index (χ3v) is 2.72. The number of ether oxygens (including phenoxy) is 1. The molecule has 0 aliphatic heterocycles. The Hall–Kier alpha value is -2.75. The van der Waals surface area contributed by atoms with Crippen LogP contribution in [0.3, 0.4) is 0 Å². The van der Waals surface area contributed by atoms with Gasteiger partial charge < -0.3 is 4.74 Å². The van der Waals surface area contributed by atoms with E-state index >= 15 is 0 Å². The van der Waals surface area contributed by atoms with Crippen molar-refractivity contribution in [3.63, 3.8) is 0 Å². The van der Waals surface area contributed by atoms with E-state index in [4.69, 9.17) is 4.74 Å². The van der Waals surface area contributed by atoms with Crippen molar-refractivity contribution in [2.24, 2.45) is 0 Å². The lowest BCUT2D eigenvalue weighted by Crippen LogP contribution is -1.90. The summed E-state index contributed by atoms with van der Waals surface area (Å²) in [5, 5.41) is 0.922. The van der Waals surface area contributed by atoms with E-state index in [1.54, 1.807) is 18.3 Å². The van der Waals surface area contributed by atoms with Crippen LogP contribution in [-0.4, -0.2) is 16.3 Å². The molecule has 4 nitrogen and oxygen atoms in total. The summed E-state index contributed by atoms with van der Waals surface area (Å²) in [7, 11) is 0. The molecule has 3 rings (SSSR count). The summed E-state index contributed by atoms with van der Waals surface area (Å²) in [4.78, 5) is 18.9. The maximum absolute atomic E-state index is 10.6. The molecule has 0 amide bonds. The Kier molecular flexibility index (Phi) is 2.90. The minimum absolute atomic E-state index is 0.446. The monoisotopic (exact) mass is 250 g/mol. The van der Waals surface area contributed by atoms with Crippen LogP contribution in [0.15, 0.2) is 54.9 Å². The van der Waals surface area contributed by atoms with E-state index in [-0.39, 0.29) is 0 Å². The van der Waals surface area contributed by atoms with E-state index in [2.05, 4.69) is 9.97 Å². The topological polar surface area (TPSA) is 52.1 Å². The maximum Gasteiger partial charge on any atom is 0.219 e. The van der Waals surface area contributed by atoms with Crippen molar-refractivity contribution in [2.45, 2.75) is 0 Å². The van der Waals surface area contributed by atoms with Gasteiger partial charge in [-0.05, 0) is 30.3 Å². The molecule has 2 heterocycles. The first-order chi connectivity index (χ1) is 9.36. The number of benzene rings is 1. The second kappa shape index (κ2) is 4.86. The smallest absolute Gasteiger partial charge is 0.219 e. The van der Waals surface area contributed by atoms with Crippen molar-refractivity contribution in [1.29, 1.82) is 0 Å². The summed E-state index contributed by atoms with van der Waals surface area (Å²) < 4.78 is 5.72. The Balaban J connectivity index is 1.98. The van der Waals surface area contributed by atoms with Gasteiger partial charge >= 0.3 is 0 Å². The van der Waals surface area contributed by atoms with E-state index in [0.717, 1.165) is 17.2 Å². The molecule has 0 saturated heterocycles. The number of pyridine rings is 2. The second-order valence-corrected chi connectivity index (χ2v) is 3.98. The number of hydrogen-bond donors (Lipinski definition) is 0. The quantitative estimate of drug-likeness (QED) is 0.669. The van der Waals surface area contributed by atoms with Crippen LogP contribution in [0.1, 0.15) is 10.4 Å². The summed E-state index contributed by atoms with van der Waals surface area (Å²) in [5.41, 5.74) is 1.39. The molecular weight excluding hydrogens is 240 g/mol. The molecule has 19 heavy (non-hydrogen) atoms. The van der Waals surface area contributed by atoms with Crippen LogP contribution >= 0.6 is 0 Å². The van der Waals surface area contributed by atoms with Crippen LogP contribution in [0.5, 0.6) is 11.6 Å². The standard InChI is InChI=1S/C15H10N2O2/c18-10-11-6-7-15(17-9-11)19-14-5-1-4-13-12(14)3-2-8-16-13/h1-10H. The highest BCUT2D eigenvalue weighted by Gasteiger charge is 2.04. The van der Waals surface area contributed by atoms with Crippen LogP contribution < -0.4 is 4.74 Å². The van der Waals surface area contributed by atoms with Crippen LogP contribution in [-0.2, 0) is 0 Å². The number of nitrogens with zero attached hydrogens (tertiary/aromatic N) is 2. The zero-order valence-electron chi connectivity index (χ0n) is 9.98. The molecule has 0 N–H and O–H groups in total. The average Bonchev–Trinajstić information content (AvgIpc) is 2.48. The number of rotatable bonds is 3. The molecule has 0 aliphatic rings. The van der Waals surface area contributed by atoms with E-state index < -0.39 is 0 Å². The average molecular weight is 250 g/mol. The number of aromatic nitrogens is 2. The number of aldehydes is 1. The molecule has 0 fully saturated rings. The van der Waals surface area contributed by atoms with Gasteiger partial charge in [0.05, 0.1) is 5.52 Å². The molecule has 1 aromatic carbocycles. The molecule has 2 aromatic heterocycles. The zero-order valence-corrected chi connectivity index (χ0v) is 9.98. The molecule has 0 saturated carbocycles. The Morgan fingerprint density at radius 1 is 1.00 bits per heavy atom. The molecular formula is C15H10N2O2. The molecule has 92 valence electrons. The highest BCUT2D eigenvalue weighted by molar-refractivity contribution is 5.85. The van der Waals surface area contributed by atoms with Gasteiger partial charge in [-0.1, -0.05) is 6.07 Å². The first kappa shape index (κ1) is 11.3. The highest BCUT2D eigenvalue weighted by Crippen LogP contribution is 2.27. The van der Waals surface area contributed by atoms with Crippen LogP contribution in [0, 0.1) is 0 Å². The predicted molar refractivity (Wildman–Crippen MR) is 71.4 cm³/mol. The predicted octanol–water partition coefficient (Wildman–Crippen LogP) is 3.23. The second-order valence-electron chi connectivity index (χ2n) is 3.98. The lowest BCUT2D eigenvalue weighted by molar-refractivity contribution is 0.112. The van der Waals surface area contributed by atoms with Crippen molar-refractivity contribution in [2.75, 3.05) is 0 Å². The molecule has 0 unspecified atom stereocenters. The Labute approximate surface area is 109 Å². The van der Waals surface area contributed by atoms with Gasteiger partial charge in [0.25, 0.3) is 0 Å². The minimum Gasteiger partial charge on any atom is -0.438 e. The molecule has 0 aliphatic carbocycles. The zero-order chi connectivity index (χ0) is 13.1. The van der Waals surface area contributed by atoms with Gasteiger partial charge in [-0.3, -0.25) is 9.78 Å². The number of carbonyl (C=O) groups is 1. The molecule has 0 spiro atoms. The maximum atomic E-state index is 10.6. The van der Waals surface area contributed by atoms with Crippen molar-refractivity contribution >= 4 is 17.2 Å². The van der Waals surface area contributed by atoms with Crippen LogP contribution in [0.25, 0.3) is 10.9 Å². The van der Waals surface area contributed by atoms with Crippen LogP contribution in [0.2, 0.25) is 0 Å². The lowest BCUT2D eigenvalue weighted by atomic mass is 10.2. The number of fused-ring (bicyclic) bond motifs is 1. The SMILES string of the molecule is O=Cc1ccc(Oc2cccc3ncccc23)nc1. The van der Waals surface area contributed by atoms with Gasteiger partial charge in [-0.15, -0.1) is 0 Å². The number of carbonyl (C=O) groups excluding carboxylic acids is 1. The van der Waals surface area contributed by atoms with Gasteiger partial charge in [0.2, 0.25) is 5.88 Å². The molecule has 0 atom stereocenters. The highest BCUT2D eigenvalue weighted by atomic mass is 16.5. The van der Waals surface area contributed by atoms with Gasteiger partial charge in [0.1, 0.15) is 5.75 Å². The van der Waals surface area contributed by atoms with E-state index in [0.29, 0.717) is 17.2 Å². The normalized spacial score (nSPS) is 10.3. The van der Waals surface area contributed by atoms with E-state index in [1.807, 2.05) is 30.3 Å². The largest absolute Gasteiger partial charge is 0.438 e. The van der Waals surface area contributed by atoms with Gasteiger partial charge in [0, 0.05) is 29.4 Å². The van der Waals surface area contributed by atoms with Crippen LogP contribution in [0.4, 0.5) is 0 Å². The molecule has 0 bridgehead atoms. The van der Waals surface area contributed by atoms with Crippen molar-refractivity contribution in [3.8, 4) is 11.6 Å². The molecule has 0 radical (unpaired) electrons. The summed E-state index contributed by atoms with van der Waals surface area (Å²) in [6.07, 6.45) is 3.97. The van der Waals surface area contributed by atoms with Crippen molar-refractivity contribution in [3.05, 3.63) is 60.4 Å². The summed E-state index contributed by atoms with van der Waals surface area (Å²) >= 11 is 0. The summed E-state index contributed by atoms with van der Waals surface area (Å²) in [6.45, 7) is 0. The first-order valence-electron chi connectivity index (χ1n) is 5.79. The minimum atomic E-state index is 0.446. The first-order valence-corrected chi connectivity index (χ1v) is 5.79. The fourth-order valence-electron chi connectivity index (χ4n) is 1.80. The van der Waals surface area contributed by atoms with Gasteiger partial charge in [-0.2, -0.15) is 0 Å². The van der Waals surface area contributed by atoms with Crippen molar-refractivity contribution < 1.29 is 9.53 Å². The Bertz CT molecular complexity index is 718. The fourth-order valence-corrected chi connectivity index (χ4v) is 1.80. The third kappa shape index (κ3) is 2.28. The summed E-state index contributed by atoms with van der Waals surface area (Å²) in [5.74, 6) is 1.14. The lowest BCUT2D eigenvalue weighted by Gasteiger charge is -2.07. The van der Waals surface area contributed by atoms with Gasteiger partial charge in [0.15, 0.2) is 6.29 Å². The fraction of sp³-hybridized carbons (Fsp3) is 0. The van der Waals surface area contributed by atoms with Gasteiger partial charge in [-0.25, -0.2) is 4.98 Å². The molecule has 4 heteroatoms. The Morgan fingerprint density at radius 3 is 2.74 bits per heavy atom. The van der Waals surface area contributed by atoms with Crippen molar-refractivity contribution in [1.82, 2.24) is 9.97 Å². The molecule has 3 aromatic rings. The Morgan fingerprint density at radius 2 is 1.95 bits per heavy atom. The third-order valence-electron chi connectivity index (χ3n) is 2.72. The van der Waals surface area contributed by atoms with E-state index in [1.165, 1.54) is 6.20 Å². The van der Waals surface area contributed by atoms with E-state index in [9.17, 15) is 4.79 Å².